The minimum absolute atomic E-state index is 0.451. The Kier molecular flexibility index (Phi) is 3.76. The van der Waals surface area contributed by atoms with E-state index in [0.717, 1.165) is 33.8 Å². The molecule has 0 amide bonds. The zero-order chi connectivity index (χ0) is 18.4. The molecule has 3 aromatic carbocycles. The van der Waals surface area contributed by atoms with Gasteiger partial charge in [-0.25, -0.2) is 4.98 Å². The van der Waals surface area contributed by atoms with Gasteiger partial charge < -0.3 is 19.3 Å². The average molecular weight is 359 g/mol. The van der Waals surface area contributed by atoms with Gasteiger partial charge in [0.05, 0.1) is 36.8 Å². The van der Waals surface area contributed by atoms with Gasteiger partial charge in [0.15, 0.2) is 0 Å². The van der Waals surface area contributed by atoms with Gasteiger partial charge in [-0.1, -0.05) is 30.3 Å². The maximum absolute atomic E-state index is 10.5. The van der Waals surface area contributed by atoms with Crippen LogP contribution in [0.5, 0.6) is 5.75 Å². The molecule has 1 aromatic heterocycles. The standard InChI is InChI=1S/C22H21N3O2/c1-2-27-18-10-8-16(9-11-18)24-13-17(26)14-25-20-12-7-15-5-3-4-6-19(15)21(20)23-22(24)25/h3-12,17,26H,2,13-14H2,1H3. The van der Waals surface area contributed by atoms with Crippen molar-refractivity contribution >= 4 is 33.4 Å². The van der Waals surface area contributed by atoms with Gasteiger partial charge >= 0.3 is 0 Å². The summed E-state index contributed by atoms with van der Waals surface area (Å²) >= 11 is 0. The molecule has 1 aliphatic heterocycles. The summed E-state index contributed by atoms with van der Waals surface area (Å²) in [4.78, 5) is 7.06. The fourth-order valence-electron chi connectivity index (χ4n) is 3.90. The Morgan fingerprint density at radius 1 is 1.04 bits per heavy atom. The first-order valence-electron chi connectivity index (χ1n) is 9.31. The maximum atomic E-state index is 10.5. The van der Waals surface area contributed by atoms with E-state index in [4.69, 9.17) is 9.72 Å². The van der Waals surface area contributed by atoms with Crippen molar-refractivity contribution in [1.29, 1.82) is 0 Å². The van der Waals surface area contributed by atoms with Gasteiger partial charge in [0.2, 0.25) is 5.95 Å². The van der Waals surface area contributed by atoms with E-state index in [1.807, 2.05) is 43.3 Å². The van der Waals surface area contributed by atoms with Crippen LogP contribution in [0.25, 0.3) is 21.8 Å². The second-order valence-corrected chi connectivity index (χ2v) is 6.87. The summed E-state index contributed by atoms with van der Waals surface area (Å²) in [6.07, 6.45) is -0.451. The molecule has 1 aliphatic rings. The number of anilines is 2. The Labute approximate surface area is 157 Å². The van der Waals surface area contributed by atoms with Crippen molar-refractivity contribution in [1.82, 2.24) is 9.55 Å². The molecule has 0 saturated heterocycles. The topological polar surface area (TPSA) is 50.5 Å². The SMILES string of the molecule is CCOc1ccc(N2CC(O)Cn3c2nc2c4ccccc4ccc23)cc1. The van der Waals surface area contributed by atoms with Crippen LogP contribution in [-0.4, -0.2) is 33.9 Å². The van der Waals surface area contributed by atoms with Crippen LogP contribution < -0.4 is 9.64 Å². The molecule has 0 bridgehead atoms. The lowest BCUT2D eigenvalue weighted by molar-refractivity contribution is 0.154. The van der Waals surface area contributed by atoms with Crippen LogP contribution in [0.3, 0.4) is 0 Å². The Hall–Kier alpha value is -3.05. The number of ether oxygens (including phenoxy) is 1. The molecule has 2 heterocycles. The number of hydrogen-bond acceptors (Lipinski definition) is 4. The summed E-state index contributed by atoms with van der Waals surface area (Å²) in [6.45, 7) is 3.69. The van der Waals surface area contributed by atoms with Crippen LogP contribution in [0.4, 0.5) is 11.6 Å². The number of aliphatic hydroxyl groups is 1. The number of aliphatic hydroxyl groups excluding tert-OH is 1. The Morgan fingerprint density at radius 2 is 1.85 bits per heavy atom. The van der Waals surface area contributed by atoms with Crippen molar-refractivity contribution in [2.75, 3.05) is 18.1 Å². The molecule has 5 rings (SSSR count). The van der Waals surface area contributed by atoms with Gasteiger partial charge in [0, 0.05) is 11.1 Å². The number of imidazole rings is 1. The average Bonchev–Trinajstić information content (AvgIpc) is 3.07. The highest BCUT2D eigenvalue weighted by Crippen LogP contribution is 2.35. The van der Waals surface area contributed by atoms with Crippen LogP contribution in [0.1, 0.15) is 6.92 Å². The molecule has 1 unspecified atom stereocenters. The molecular weight excluding hydrogens is 338 g/mol. The fourth-order valence-corrected chi connectivity index (χ4v) is 3.90. The summed E-state index contributed by atoms with van der Waals surface area (Å²) in [5.74, 6) is 1.72. The third kappa shape index (κ3) is 2.62. The number of hydrogen-bond donors (Lipinski definition) is 1. The molecule has 4 aromatic rings. The van der Waals surface area contributed by atoms with Gasteiger partial charge in [0.25, 0.3) is 0 Å². The molecule has 0 aliphatic carbocycles. The molecule has 5 heteroatoms. The van der Waals surface area contributed by atoms with Gasteiger partial charge in [-0.05, 0) is 42.6 Å². The van der Waals surface area contributed by atoms with Gasteiger partial charge in [-0.15, -0.1) is 0 Å². The van der Waals surface area contributed by atoms with Crippen molar-refractivity contribution in [2.24, 2.45) is 0 Å². The lowest BCUT2D eigenvalue weighted by Gasteiger charge is -2.32. The number of nitrogens with zero attached hydrogens (tertiary/aromatic N) is 3. The molecular formula is C22H21N3O2. The normalized spacial score (nSPS) is 16.7. The molecule has 0 fully saturated rings. The molecule has 0 saturated carbocycles. The van der Waals surface area contributed by atoms with Crippen molar-refractivity contribution in [2.45, 2.75) is 19.6 Å². The first-order chi connectivity index (χ1) is 13.2. The summed E-state index contributed by atoms with van der Waals surface area (Å²) in [7, 11) is 0. The zero-order valence-corrected chi connectivity index (χ0v) is 15.2. The highest BCUT2D eigenvalue weighted by atomic mass is 16.5. The predicted molar refractivity (Wildman–Crippen MR) is 108 cm³/mol. The van der Waals surface area contributed by atoms with Crippen LogP contribution in [0.15, 0.2) is 60.7 Å². The smallest absolute Gasteiger partial charge is 0.211 e. The Morgan fingerprint density at radius 3 is 2.67 bits per heavy atom. The van der Waals surface area contributed by atoms with Crippen LogP contribution in [0.2, 0.25) is 0 Å². The maximum Gasteiger partial charge on any atom is 0.211 e. The minimum atomic E-state index is -0.451. The van der Waals surface area contributed by atoms with Crippen molar-refractivity contribution < 1.29 is 9.84 Å². The van der Waals surface area contributed by atoms with Crippen molar-refractivity contribution in [3.63, 3.8) is 0 Å². The van der Waals surface area contributed by atoms with Crippen LogP contribution in [-0.2, 0) is 6.54 Å². The number of β-amino-alcohol motifs (C(OH)–C–C–N with tert-alkyl or cyclic N) is 1. The van der Waals surface area contributed by atoms with E-state index < -0.39 is 6.10 Å². The summed E-state index contributed by atoms with van der Waals surface area (Å²) in [5.41, 5.74) is 3.03. The summed E-state index contributed by atoms with van der Waals surface area (Å²) in [6, 6.07) is 20.5. The monoisotopic (exact) mass is 359 g/mol. The van der Waals surface area contributed by atoms with Crippen LogP contribution >= 0.6 is 0 Å². The number of benzene rings is 3. The predicted octanol–water partition coefficient (Wildman–Crippen LogP) is 4.10. The molecule has 1 N–H and O–H groups in total. The minimum Gasteiger partial charge on any atom is -0.494 e. The third-order valence-corrected chi connectivity index (χ3v) is 5.11. The molecule has 0 spiro atoms. The Balaban J connectivity index is 1.67. The zero-order valence-electron chi connectivity index (χ0n) is 15.2. The number of aromatic nitrogens is 2. The second kappa shape index (κ2) is 6.28. The Bertz CT molecular complexity index is 1120. The number of rotatable bonds is 3. The largest absolute Gasteiger partial charge is 0.494 e. The fraction of sp³-hybridized carbons (Fsp3) is 0.227. The summed E-state index contributed by atoms with van der Waals surface area (Å²) < 4.78 is 7.66. The molecule has 5 nitrogen and oxygen atoms in total. The van der Waals surface area contributed by atoms with Gasteiger partial charge in [-0.2, -0.15) is 0 Å². The van der Waals surface area contributed by atoms with E-state index in [1.54, 1.807) is 0 Å². The van der Waals surface area contributed by atoms with E-state index >= 15 is 0 Å². The van der Waals surface area contributed by atoms with Gasteiger partial charge in [-0.3, -0.25) is 0 Å². The number of fused-ring (bicyclic) bond motifs is 5. The van der Waals surface area contributed by atoms with E-state index in [1.165, 1.54) is 5.39 Å². The molecule has 136 valence electrons. The highest BCUT2D eigenvalue weighted by Gasteiger charge is 2.28. The lowest BCUT2D eigenvalue weighted by Crippen LogP contribution is -2.38. The lowest BCUT2D eigenvalue weighted by atomic mass is 10.1. The first kappa shape index (κ1) is 16.1. The van der Waals surface area contributed by atoms with E-state index in [0.29, 0.717) is 19.7 Å². The quantitative estimate of drug-likeness (QED) is 0.598. The third-order valence-electron chi connectivity index (χ3n) is 5.11. The van der Waals surface area contributed by atoms with E-state index in [-0.39, 0.29) is 0 Å². The summed E-state index contributed by atoms with van der Waals surface area (Å²) in [5, 5.41) is 12.8. The molecule has 27 heavy (non-hydrogen) atoms. The molecule has 1 atom stereocenters. The van der Waals surface area contributed by atoms with Gasteiger partial charge in [0.1, 0.15) is 5.75 Å². The first-order valence-corrected chi connectivity index (χ1v) is 9.31. The van der Waals surface area contributed by atoms with Crippen LogP contribution in [0, 0.1) is 0 Å². The van der Waals surface area contributed by atoms with E-state index in [9.17, 15) is 5.11 Å². The highest BCUT2D eigenvalue weighted by molar-refractivity contribution is 6.05. The second-order valence-electron chi connectivity index (χ2n) is 6.87. The van der Waals surface area contributed by atoms with E-state index in [2.05, 4.69) is 33.7 Å². The van der Waals surface area contributed by atoms with Crippen molar-refractivity contribution in [3.05, 3.63) is 60.7 Å². The van der Waals surface area contributed by atoms with Crippen molar-refractivity contribution in [3.8, 4) is 5.75 Å². The molecule has 0 radical (unpaired) electrons.